The van der Waals surface area contributed by atoms with Crippen LogP contribution >= 0.6 is 0 Å². The number of esters is 3. The second-order valence-electron chi connectivity index (χ2n) is 20.4. The molecule has 0 aromatic rings. The quantitative estimate of drug-likeness (QED) is 0.124. The summed E-state index contributed by atoms with van der Waals surface area (Å²) in [6.07, 6.45) is 8.99. The predicted molar refractivity (Wildman–Crippen MR) is 216 cm³/mol. The van der Waals surface area contributed by atoms with E-state index < -0.39 is 23.4 Å². The first-order valence-electron chi connectivity index (χ1n) is 21.7. The van der Waals surface area contributed by atoms with Gasteiger partial charge in [-0.05, 0) is 122 Å². The van der Waals surface area contributed by atoms with E-state index in [0.29, 0.717) is 22.6 Å². The number of hydrogen-bond donors (Lipinski definition) is 3. The highest BCUT2D eigenvalue weighted by molar-refractivity contribution is 5.92. The lowest BCUT2D eigenvalue weighted by Gasteiger charge is -2.59. The van der Waals surface area contributed by atoms with Crippen molar-refractivity contribution in [2.45, 2.75) is 158 Å². The Morgan fingerprint density at radius 1 is 0.569 bits per heavy atom. The van der Waals surface area contributed by atoms with E-state index in [-0.39, 0.29) is 88.2 Å². The van der Waals surface area contributed by atoms with Crippen molar-refractivity contribution in [3.8, 4) is 0 Å². The number of rotatable bonds is 2. The van der Waals surface area contributed by atoms with Crippen LogP contribution in [0.25, 0.3) is 0 Å². The van der Waals surface area contributed by atoms with Gasteiger partial charge in [-0.25, -0.2) is 14.4 Å². The summed E-state index contributed by atoms with van der Waals surface area (Å²) in [6.45, 7) is 25.9. The molecule has 6 aliphatic carbocycles. The molecular formula is C47H68O11. The molecule has 322 valence electrons. The molecule has 11 nitrogen and oxygen atoms in total. The van der Waals surface area contributed by atoms with Gasteiger partial charge >= 0.3 is 17.9 Å². The molecule has 0 radical (unpaired) electrons. The fourth-order valence-electron chi connectivity index (χ4n) is 13.3. The van der Waals surface area contributed by atoms with Gasteiger partial charge in [0.25, 0.3) is 0 Å². The van der Waals surface area contributed by atoms with Gasteiger partial charge in [-0.15, -0.1) is 0 Å². The van der Waals surface area contributed by atoms with E-state index in [1.54, 1.807) is 14.2 Å². The van der Waals surface area contributed by atoms with Crippen molar-refractivity contribution in [3.63, 3.8) is 0 Å². The van der Waals surface area contributed by atoms with Crippen molar-refractivity contribution in [1.82, 2.24) is 0 Å². The van der Waals surface area contributed by atoms with Crippen LogP contribution in [0.4, 0.5) is 0 Å². The van der Waals surface area contributed by atoms with Gasteiger partial charge in [0.2, 0.25) is 0 Å². The Balaban J connectivity index is 0.000000133. The zero-order chi connectivity index (χ0) is 42.5. The minimum absolute atomic E-state index is 0.0132. The van der Waals surface area contributed by atoms with Gasteiger partial charge in [-0.1, -0.05) is 38.8 Å². The Morgan fingerprint density at radius 3 is 1.55 bits per heavy atom. The van der Waals surface area contributed by atoms with Crippen LogP contribution in [0.5, 0.6) is 0 Å². The molecule has 9 aliphatic rings. The maximum absolute atomic E-state index is 11.8. The highest BCUT2D eigenvalue weighted by atomic mass is 16.6. The third kappa shape index (κ3) is 6.77. The maximum Gasteiger partial charge on any atom is 0.334 e. The smallest absolute Gasteiger partial charge is 0.334 e. The molecule has 3 aliphatic heterocycles. The van der Waals surface area contributed by atoms with Gasteiger partial charge in [0, 0.05) is 65.9 Å². The summed E-state index contributed by atoms with van der Waals surface area (Å²) in [5.74, 6) is -0.172. The topological polar surface area (TPSA) is 158 Å². The van der Waals surface area contributed by atoms with Crippen LogP contribution in [0.15, 0.2) is 48.6 Å². The number of hydrogen-bond acceptors (Lipinski definition) is 11. The number of allylic oxidation sites excluding steroid dienone is 1. The summed E-state index contributed by atoms with van der Waals surface area (Å²) in [5.41, 5.74) is 0.554. The fraction of sp³-hybridized carbons (Fsp3) is 0.766. The van der Waals surface area contributed by atoms with Gasteiger partial charge in [0.1, 0.15) is 18.3 Å². The molecule has 6 saturated carbocycles. The molecular weight excluding hydrogens is 741 g/mol. The molecule has 0 amide bonds. The van der Waals surface area contributed by atoms with Crippen LogP contribution in [-0.4, -0.2) is 94.3 Å². The summed E-state index contributed by atoms with van der Waals surface area (Å²) in [5, 5.41) is 32.2. The number of carbonyl (C=O) groups excluding carboxylic acids is 3. The lowest BCUT2D eigenvalue weighted by Crippen LogP contribution is -2.62. The van der Waals surface area contributed by atoms with Gasteiger partial charge < -0.3 is 39.0 Å². The van der Waals surface area contributed by atoms with Crippen LogP contribution in [0, 0.1) is 52.8 Å². The summed E-state index contributed by atoms with van der Waals surface area (Å²) >= 11 is 0. The highest BCUT2D eigenvalue weighted by Gasteiger charge is 2.63. The fourth-order valence-corrected chi connectivity index (χ4v) is 13.3. The van der Waals surface area contributed by atoms with Crippen molar-refractivity contribution in [3.05, 3.63) is 48.6 Å². The molecule has 0 unspecified atom stereocenters. The van der Waals surface area contributed by atoms with Crippen molar-refractivity contribution in [2.24, 2.45) is 52.8 Å². The van der Waals surface area contributed by atoms with E-state index in [2.05, 4.69) is 47.1 Å². The Bertz CT molecular complexity index is 1750. The van der Waals surface area contributed by atoms with Gasteiger partial charge in [0.15, 0.2) is 0 Å². The molecule has 58 heavy (non-hydrogen) atoms. The number of ether oxygens (including phenoxy) is 5. The largest absolute Gasteiger partial charge is 0.458 e. The molecule has 0 aromatic carbocycles. The van der Waals surface area contributed by atoms with E-state index in [1.165, 1.54) is 5.57 Å². The van der Waals surface area contributed by atoms with Crippen LogP contribution in [-0.2, 0) is 38.1 Å². The normalized spacial score (nSPS) is 50.2. The molecule has 3 heterocycles. The van der Waals surface area contributed by atoms with Gasteiger partial charge in [0.05, 0.1) is 28.5 Å². The maximum atomic E-state index is 11.8. The molecule has 3 N–H and O–H groups in total. The molecule has 0 aromatic heterocycles. The van der Waals surface area contributed by atoms with E-state index in [1.807, 2.05) is 13.8 Å². The molecule has 9 fully saturated rings. The van der Waals surface area contributed by atoms with Crippen LogP contribution in [0.3, 0.4) is 0 Å². The molecule has 0 bridgehead atoms. The highest BCUT2D eigenvalue weighted by Crippen LogP contribution is 2.60. The average molecular weight is 809 g/mol. The molecule has 17 atom stereocenters. The van der Waals surface area contributed by atoms with Crippen LogP contribution in [0.2, 0.25) is 0 Å². The zero-order valence-electron chi connectivity index (χ0n) is 35.8. The van der Waals surface area contributed by atoms with E-state index >= 15 is 0 Å². The summed E-state index contributed by atoms with van der Waals surface area (Å²) < 4.78 is 28.1. The lowest BCUT2D eigenvalue weighted by atomic mass is 9.50. The monoisotopic (exact) mass is 808 g/mol. The second-order valence-corrected chi connectivity index (χ2v) is 20.4. The Hall–Kier alpha value is -2.83. The number of aliphatic hydroxyl groups excluding tert-OH is 1. The zero-order valence-corrected chi connectivity index (χ0v) is 35.8. The number of aliphatic hydroxyl groups is 3. The van der Waals surface area contributed by atoms with Crippen molar-refractivity contribution >= 4 is 17.9 Å². The first-order valence-corrected chi connectivity index (χ1v) is 21.7. The first kappa shape index (κ1) is 43.3. The lowest BCUT2D eigenvalue weighted by molar-refractivity contribution is -0.214. The molecule has 0 spiro atoms. The van der Waals surface area contributed by atoms with Crippen molar-refractivity contribution < 1.29 is 53.4 Å². The second kappa shape index (κ2) is 15.0. The van der Waals surface area contributed by atoms with Crippen LogP contribution in [0.1, 0.15) is 112 Å². The van der Waals surface area contributed by atoms with Crippen molar-refractivity contribution in [2.75, 3.05) is 14.2 Å². The Morgan fingerprint density at radius 2 is 1.02 bits per heavy atom. The minimum atomic E-state index is -0.803. The minimum Gasteiger partial charge on any atom is -0.458 e. The van der Waals surface area contributed by atoms with E-state index in [0.717, 1.165) is 77.0 Å². The first-order chi connectivity index (χ1) is 27.0. The molecule has 9 rings (SSSR count). The summed E-state index contributed by atoms with van der Waals surface area (Å²) in [4.78, 5) is 35.3. The summed E-state index contributed by atoms with van der Waals surface area (Å²) in [7, 11) is 3.49. The van der Waals surface area contributed by atoms with E-state index in [4.69, 9.17) is 23.7 Å². The van der Waals surface area contributed by atoms with Crippen LogP contribution < -0.4 is 0 Å². The third-order valence-electron chi connectivity index (χ3n) is 17.4. The molecule has 11 heteroatoms. The SMILES string of the molecule is C=C1C(=O)O[C@@H]2[C@@H](O)[C@]3(C)CC[C@H]3[C@](C)(OC)CC[C@@H]12.C=C1C(=O)O[C@@H]2[C@@H]3[C@@H](CC[C@@]3(C)O)C(=C)CC[C@@H]12.C=C1C(=O)O[C@@H]2[C@@H]3[C@@H](CC[C@@]3(C)O)[C@](C)(OC)CC[C@@H]12. The predicted octanol–water partition coefficient (Wildman–Crippen LogP) is 6.33. The van der Waals surface area contributed by atoms with Gasteiger partial charge in [-0.2, -0.15) is 0 Å². The Labute approximate surface area is 344 Å². The van der Waals surface area contributed by atoms with Gasteiger partial charge in [-0.3, -0.25) is 0 Å². The number of fused-ring (bicyclic) bond motifs is 8. The number of methoxy groups -OCH3 is 2. The molecule has 3 saturated heterocycles. The average Bonchev–Trinajstić information content (AvgIpc) is 3.87. The van der Waals surface area contributed by atoms with Crippen molar-refractivity contribution in [1.29, 1.82) is 0 Å². The summed E-state index contributed by atoms with van der Waals surface area (Å²) in [6, 6.07) is 0. The van der Waals surface area contributed by atoms with E-state index in [9.17, 15) is 29.7 Å². The standard InChI is InChI=1S/2C16H24O4.C15H20O3/c1-9-10-5-8-16(3,19-4)11-6-7-15(2,18)12(11)13(10)20-14(9)17;1-9-10-5-8-16(3,19-4)11-6-7-15(11,2)13(17)12(10)20-14(9)18;1-8-4-5-11-9(2)14(16)18-13(11)12-10(8)6-7-15(12,3)17/h10-13,18H,1,5-8H2,2-4H3;10-13,17H,1,5-8H2,2-4H3;10-13,17H,1-2,4-7H2,3H3/t10-,11+,12-,13-,15+,16+;10-,11+,12-,13+,15+,16+;10-,11-,12-,13-,15+/m000/s1. The number of carbonyl (C=O) groups is 3. The Kier molecular flexibility index (Phi) is 11.2. The third-order valence-corrected chi connectivity index (χ3v) is 17.4.